The lowest BCUT2D eigenvalue weighted by atomic mass is 10.1. The zero-order valence-corrected chi connectivity index (χ0v) is 12.2. The minimum atomic E-state index is -0.149. The van der Waals surface area contributed by atoms with Gasteiger partial charge in [-0.2, -0.15) is 5.10 Å². The van der Waals surface area contributed by atoms with Gasteiger partial charge in [0, 0.05) is 32.2 Å². The average molecular weight is 265 g/mol. The van der Waals surface area contributed by atoms with Crippen molar-refractivity contribution in [2.24, 2.45) is 7.05 Å². The van der Waals surface area contributed by atoms with Crippen LogP contribution in [-0.4, -0.2) is 41.4 Å². The number of piperazine rings is 1. The first-order valence-electron chi connectivity index (χ1n) is 6.83. The fourth-order valence-electron chi connectivity index (χ4n) is 2.58. The van der Waals surface area contributed by atoms with E-state index < -0.39 is 0 Å². The second-order valence-electron chi connectivity index (χ2n) is 4.95. The number of carbonyl (C=O) groups is 1. The van der Waals surface area contributed by atoms with Crippen LogP contribution in [0.4, 0.5) is 5.82 Å². The third-order valence-electron chi connectivity index (χ3n) is 3.64. The van der Waals surface area contributed by atoms with Crippen LogP contribution in [0.15, 0.2) is 0 Å². The van der Waals surface area contributed by atoms with Crippen LogP contribution in [0, 0.1) is 6.92 Å². The Labute approximate surface area is 114 Å². The quantitative estimate of drug-likeness (QED) is 0.814. The Morgan fingerprint density at radius 2 is 2.26 bits per heavy atom. The number of hydrogen-bond donors (Lipinski definition) is 2. The second-order valence-corrected chi connectivity index (χ2v) is 4.95. The largest absolute Gasteiger partial charge is 0.353 e. The van der Waals surface area contributed by atoms with Gasteiger partial charge >= 0.3 is 0 Å². The molecule has 1 aliphatic heterocycles. The minimum absolute atomic E-state index is 0.0829. The lowest BCUT2D eigenvalue weighted by molar-refractivity contribution is -0.122. The third-order valence-corrected chi connectivity index (χ3v) is 3.64. The highest BCUT2D eigenvalue weighted by molar-refractivity contribution is 5.86. The van der Waals surface area contributed by atoms with E-state index in [-0.39, 0.29) is 11.9 Å². The van der Waals surface area contributed by atoms with Gasteiger partial charge in [-0.25, -0.2) is 0 Å². The number of nitrogens with zero attached hydrogens (tertiary/aromatic N) is 3. The fraction of sp³-hybridized carbons (Fsp3) is 0.692. The molecule has 106 valence electrons. The predicted molar refractivity (Wildman–Crippen MR) is 75.1 cm³/mol. The monoisotopic (exact) mass is 265 g/mol. The van der Waals surface area contributed by atoms with Gasteiger partial charge in [0.15, 0.2) is 0 Å². The first-order valence-corrected chi connectivity index (χ1v) is 6.83. The Morgan fingerprint density at radius 3 is 2.95 bits per heavy atom. The summed E-state index contributed by atoms with van der Waals surface area (Å²) in [5, 5.41) is 10.7. The highest BCUT2D eigenvalue weighted by Gasteiger charge is 2.30. The van der Waals surface area contributed by atoms with Crippen molar-refractivity contribution < 1.29 is 4.79 Å². The molecular formula is C13H23N5O. The number of aryl methyl sites for hydroxylation is 2. The number of aromatic nitrogens is 2. The van der Waals surface area contributed by atoms with Crippen molar-refractivity contribution in [3.05, 3.63) is 11.3 Å². The Balaban J connectivity index is 2.34. The first kappa shape index (κ1) is 13.9. The zero-order valence-electron chi connectivity index (χ0n) is 12.2. The smallest absolute Gasteiger partial charge is 0.242 e. The third kappa shape index (κ3) is 2.58. The molecular weight excluding hydrogens is 242 g/mol. The number of hydrogen-bond acceptors (Lipinski definition) is 4. The molecule has 2 heterocycles. The molecule has 1 saturated heterocycles. The van der Waals surface area contributed by atoms with Gasteiger partial charge in [0.2, 0.25) is 5.91 Å². The van der Waals surface area contributed by atoms with E-state index in [4.69, 9.17) is 0 Å². The molecule has 1 aliphatic rings. The molecule has 1 atom stereocenters. The summed E-state index contributed by atoms with van der Waals surface area (Å²) in [6, 6.07) is -0.149. The van der Waals surface area contributed by atoms with Crippen LogP contribution in [0.1, 0.15) is 25.1 Å². The number of amides is 1. The van der Waals surface area contributed by atoms with Crippen LogP contribution in [0.2, 0.25) is 0 Å². The summed E-state index contributed by atoms with van der Waals surface area (Å²) in [7, 11) is 1.94. The van der Waals surface area contributed by atoms with Crippen molar-refractivity contribution in [2.75, 3.05) is 24.5 Å². The van der Waals surface area contributed by atoms with Crippen molar-refractivity contribution >= 4 is 11.7 Å². The van der Waals surface area contributed by atoms with Gasteiger partial charge in [-0.3, -0.25) is 9.48 Å². The molecule has 1 aromatic rings. The predicted octanol–water partition coefficient (Wildman–Crippen LogP) is 0.163. The van der Waals surface area contributed by atoms with Crippen LogP contribution in [0.3, 0.4) is 0 Å². The summed E-state index contributed by atoms with van der Waals surface area (Å²) in [5.74, 6) is 1.14. The van der Waals surface area contributed by atoms with E-state index in [1.165, 1.54) is 5.56 Å². The first-order chi connectivity index (χ1) is 9.06. The van der Waals surface area contributed by atoms with Gasteiger partial charge in [0.05, 0.1) is 5.69 Å². The molecule has 2 N–H and O–H groups in total. The molecule has 19 heavy (non-hydrogen) atoms. The van der Waals surface area contributed by atoms with Gasteiger partial charge < -0.3 is 15.5 Å². The minimum Gasteiger partial charge on any atom is -0.353 e. The molecule has 2 rings (SSSR count). The number of carbonyl (C=O) groups excluding carboxylic acids is 1. The molecule has 0 spiro atoms. The molecule has 6 nitrogen and oxygen atoms in total. The Bertz CT molecular complexity index is 468. The van der Waals surface area contributed by atoms with Crippen LogP contribution in [0.25, 0.3) is 0 Å². The normalized spacial score (nSPS) is 19.7. The van der Waals surface area contributed by atoms with Crippen molar-refractivity contribution in [3.8, 4) is 0 Å². The standard InChI is InChI=1S/C13H23N5O/c1-5-14-8-11-9(2)16-17(4)13(11)18-7-6-15-12(19)10(18)3/h10,14H,5-8H2,1-4H3,(H,15,19). The Hall–Kier alpha value is -1.56. The average Bonchev–Trinajstić information content (AvgIpc) is 2.65. The van der Waals surface area contributed by atoms with Crippen molar-refractivity contribution in [3.63, 3.8) is 0 Å². The van der Waals surface area contributed by atoms with E-state index in [9.17, 15) is 4.79 Å². The van der Waals surface area contributed by atoms with Crippen LogP contribution >= 0.6 is 0 Å². The van der Waals surface area contributed by atoms with Crippen molar-refractivity contribution in [2.45, 2.75) is 33.4 Å². The highest BCUT2D eigenvalue weighted by atomic mass is 16.2. The van der Waals surface area contributed by atoms with Gasteiger partial charge in [-0.05, 0) is 20.4 Å². The van der Waals surface area contributed by atoms with Gasteiger partial charge in [0.25, 0.3) is 0 Å². The number of anilines is 1. The summed E-state index contributed by atoms with van der Waals surface area (Å²) in [4.78, 5) is 14.0. The van der Waals surface area contributed by atoms with E-state index in [0.717, 1.165) is 31.1 Å². The fourth-order valence-corrected chi connectivity index (χ4v) is 2.58. The van der Waals surface area contributed by atoms with Gasteiger partial charge in [0.1, 0.15) is 11.9 Å². The maximum Gasteiger partial charge on any atom is 0.242 e. The topological polar surface area (TPSA) is 62.2 Å². The van der Waals surface area contributed by atoms with E-state index in [0.29, 0.717) is 6.54 Å². The molecule has 0 radical (unpaired) electrons. The highest BCUT2D eigenvalue weighted by Crippen LogP contribution is 2.25. The van der Waals surface area contributed by atoms with Crippen molar-refractivity contribution in [1.29, 1.82) is 0 Å². The Morgan fingerprint density at radius 1 is 1.53 bits per heavy atom. The number of nitrogens with one attached hydrogen (secondary N) is 2. The van der Waals surface area contributed by atoms with E-state index in [1.54, 1.807) is 0 Å². The molecule has 1 fully saturated rings. The second kappa shape index (κ2) is 5.61. The summed E-state index contributed by atoms with van der Waals surface area (Å²) in [6.07, 6.45) is 0. The maximum atomic E-state index is 11.8. The van der Waals surface area contributed by atoms with Crippen molar-refractivity contribution in [1.82, 2.24) is 20.4 Å². The molecule has 0 saturated carbocycles. The maximum absolute atomic E-state index is 11.8. The molecule has 6 heteroatoms. The summed E-state index contributed by atoms with van der Waals surface area (Å²) in [5.41, 5.74) is 2.21. The van der Waals surface area contributed by atoms with Crippen LogP contribution in [0.5, 0.6) is 0 Å². The van der Waals surface area contributed by atoms with Gasteiger partial charge in [-0.1, -0.05) is 6.92 Å². The lowest BCUT2D eigenvalue weighted by Crippen LogP contribution is -2.54. The lowest BCUT2D eigenvalue weighted by Gasteiger charge is -2.35. The molecule has 0 aliphatic carbocycles. The van der Waals surface area contributed by atoms with E-state index in [2.05, 4.69) is 27.6 Å². The molecule has 1 unspecified atom stereocenters. The van der Waals surface area contributed by atoms with E-state index >= 15 is 0 Å². The molecule has 0 aromatic carbocycles. The summed E-state index contributed by atoms with van der Waals surface area (Å²) < 4.78 is 1.89. The van der Waals surface area contributed by atoms with Gasteiger partial charge in [-0.15, -0.1) is 0 Å². The molecule has 1 aromatic heterocycles. The zero-order chi connectivity index (χ0) is 14.0. The SMILES string of the molecule is CCNCc1c(C)nn(C)c1N1CCNC(=O)C1C. The van der Waals surface area contributed by atoms with E-state index in [1.807, 2.05) is 25.6 Å². The number of rotatable bonds is 4. The molecule has 0 bridgehead atoms. The molecule has 1 amide bonds. The van der Waals surface area contributed by atoms with Crippen LogP contribution < -0.4 is 15.5 Å². The summed E-state index contributed by atoms with van der Waals surface area (Å²) >= 11 is 0. The summed E-state index contributed by atoms with van der Waals surface area (Å²) in [6.45, 7) is 9.26. The Kier molecular flexibility index (Phi) is 4.09. The van der Waals surface area contributed by atoms with Crippen LogP contribution in [-0.2, 0) is 18.4 Å².